The van der Waals surface area contributed by atoms with Crippen molar-refractivity contribution < 1.29 is 13.5 Å². The molecule has 0 amide bonds. The summed E-state index contributed by atoms with van der Waals surface area (Å²) < 4.78 is 26.6. The number of anilines is 1. The number of fused-ring (bicyclic) bond motifs is 5. The maximum Gasteiger partial charge on any atom is 0.192 e. The molecular weight excluding hydrogens is 433 g/mol. The first-order valence-electron chi connectivity index (χ1n) is 11.5. The van der Waals surface area contributed by atoms with Crippen molar-refractivity contribution in [1.29, 1.82) is 5.41 Å². The molecule has 2 aromatic heterocycles. The molecule has 2 bridgehead atoms. The van der Waals surface area contributed by atoms with Crippen LogP contribution >= 0.6 is 0 Å². The Hall–Kier alpha value is -3.68. The first kappa shape index (κ1) is 22.1. The number of halogens is 1. The van der Waals surface area contributed by atoms with Gasteiger partial charge in [-0.1, -0.05) is 0 Å². The van der Waals surface area contributed by atoms with E-state index in [9.17, 15) is 4.39 Å². The third-order valence-electron chi connectivity index (χ3n) is 6.34. The van der Waals surface area contributed by atoms with E-state index in [1.54, 1.807) is 26.1 Å². The molecule has 1 aliphatic heterocycles. The Morgan fingerprint density at radius 2 is 2.09 bits per heavy atom. The van der Waals surface area contributed by atoms with E-state index in [4.69, 9.17) is 20.3 Å². The fourth-order valence-electron chi connectivity index (χ4n) is 4.34. The highest BCUT2D eigenvalue weighted by Crippen LogP contribution is 2.38. The van der Waals surface area contributed by atoms with Crippen molar-refractivity contribution in [3.8, 4) is 17.1 Å². The van der Waals surface area contributed by atoms with Crippen LogP contribution in [0.5, 0.6) is 5.75 Å². The number of benzene rings is 1. The van der Waals surface area contributed by atoms with Crippen LogP contribution in [-0.2, 0) is 6.42 Å². The summed E-state index contributed by atoms with van der Waals surface area (Å²) in [6.07, 6.45) is 3.94. The molecular formula is C26H28FN5O2. The van der Waals surface area contributed by atoms with Gasteiger partial charge in [0.1, 0.15) is 11.9 Å². The van der Waals surface area contributed by atoms with E-state index < -0.39 is 6.10 Å². The zero-order valence-electron chi connectivity index (χ0n) is 19.5. The summed E-state index contributed by atoms with van der Waals surface area (Å²) in [6.45, 7) is 6.21. The molecule has 1 atom stereocenters. The number of aromatic nitrogens is 2. The van der Waals surface area contributed by atoms with E-state index in [1.807, 2.05) is 13.0 Å². The lowest BCUT2D eigenvalue weighted by Gasteiger charge is -2.22. The molecule has 3 heterocycles. The Balaban J connectivity index is 1.76. The maximum atomic E-state index is 14.3. The van der Waals surface area contributed by atoms with Gasteiger partial charge in [-0.2, -0.15) is 0 Å². The van der Waals surface area contributed by atoms with Crippen LogP contribution in [0.1, 0.15) is 55.5 Å². The SMILES string of the molecule is CC(=N)/C1=C(\NCC2CC2)c2cnc(N)c(c2)O[C@H](C)c2cc(F)ccc2-c2oc(C)nc2C1. The number of hydrogen-bond acceptors (Lipinski definition) is 7. The number of pyridine rings is 1. The lowest BCUT2D eigenvalue weighted by molar-refractivity contribution is 0.227. The van der Waals surface area contributed by atoms with Crippen molar-refractivity contribution in [2.45, 2.75) is 46.1 Å². The molecule has 4 N–H and O–H groups in total. The highest BCUT2D eigenvalue weighted by Gasteiger charge is 2.27. The minimum Gasteiger partial charge on any atom is -0.482 e. The Morgan fingerprint density at radius 3 is 2.82 bits per heavy atom. The van der Waals surface area contributed by atoms with Crippen LogP contribution in [0.3, 0.4) is 0 Å². The fourth-order valence-corrected chi connectivity index (χ4v) is 4.34. The van der Waals surface area contributed by atoms with Crippen molar-refractivity contribution in [3.05, 3.63) is 64.6 Å². The second kappa shape index (κ2) is 8.59. The van der Waals surface area contributed by atoms with E-state index >= 15 is 0 Å². The predicted molar refractivity (Wildman–Crippen MR) is 129 cm³/mol. The number of hydrogen-bond donors (Lipinski definition) is 3. The van der Waals surface area contributed by atoms with Crippen molar-refractivity contribution in [2.75, 3.05) is 12.3 Å². The summed E-state index contributed by atoms with van der Waals surface area (Å²) in [5, 5.41) is 12.2. The van der Waals surface area contributed by atoms with E-state index in [0.29, 0.717) is 52.3 Å². The standard InChI is InChI=1S/C26H28FN5O2/c1-13(28)20-10-22-25(34-15(3)32-22)19-7-6-18(27)9-21(19)14(2)33-23-8-17(12-31-26(23)29)24(20)30-11-16-4-5-16/h6-9,12,14,16,28,30H,4-5,10-11H2,1-3H3,(H2,29,31)/b24-20-,28-13?/t14-/m1/s1. The molecule has 8 heteroatoms. The molecule has 5 rings (SSSR count). The van der Waals surface area contributed by atoms with Crippen LogP contribution in [0.25, 0.3) is 17.0 Å². The van der Waals surface area contributed by atoms with Crippen molar-refractivity contribution in [2.24, 2.45) is 5.92 Å². The Labute approximate surface area is 197 Å². The van der Waals surface area contributed by atoms with E-state index in [0.717, 1.165) is 23.4 Å². The average molecular weight is 462 g/mol. The molecule has 7 nitrogen and oxygen atoms in total. The van der Waals surface area contributed by atoms with Crippen LogP contribution in [-0.4, -0.2) is 22.2 Å². The molecule has 1 aliphatic carbocycles. The molecule has 1 saturated carbocycles. The molecule has 34 heavy (non-hydrogen) atoms. The lowest BCUT2D eigenvalue weighted by atomic mass is 9.94. The zero-order valence-corrected chi connectivity index (χ0v) is 19.5. The van der Waals surface area contributed by atoms with Crippen LogP contribution in [0.2, 0.25) is 0 Å². The highest BCUT2D eigenvalue weighted by molar-refractivity contribution is 6.03. The molecule has 0 saturated heterocycles. The number of allylic oxidation sites excluding steroid dienone is 1. The van der Waals surface area contributed by atoms with Crippen LogP contribution in [0, 0.1) is 24.1 Å². The number of oxazole rings is 1. The third kappa shape index (κ3) is 4.27. The number of nitrogens with two attached hydrogens (primary N) is 1. The second-order valence-corrected chi connectivity index (χ2v) is 9.09. The van der Waals surface area contributed by atoms with E-state index in [1.165, 1.54) is 25.0 Å². The topological polar surface area (TPSA) is 110 Å². The van der Waals surface area contributed by atoms with Gasteiger partial charge in [0.2, 0.25) is 0 Å². The molecule has 0 radical (unpaired) electrons. The number of nitrogens with zero attached hydrogens (tertiary/aromatic N) is 2. The summed E-state index contributed by atoms with van der Waals surface area (Å²) >= 11 is 0. The van der Waals surface area contributed by atoms with E-state index in [-0.39, 0.29) is 11.6 Å². The van der Waals surface area contributed by atoms with Crippen LogP contribution < -0.4 is 15.8 Å². The van der Waals surface area contributed by atoms with Crippen molar-refractivity contribution >= 4 is 17.2 Å². The molecule has 1 fully saturated rings. The van der Waals surface area contributed by atoms with Gasteiger partial charge in [0, 0.05) is 59.8 Å². The lowest BCUT2D eigenvalue weighted by Crippen LogP contribution is -2.21. The van der Waals surface area contributed by atoms with Gasteiger partial charge >= 0.3 is 0 Å². The molecule has 0 spiro atoms. The third-order valence-corrected chi connectivity index (χ3v) is 6.34. The number of ether oxygens (including phenoxy) is 1. The predicted octanol–water partition coefficient (Wildman–Crippen LogP) is 5.21. The monoisotopic (exact) mass is 461 g/mol. The summed E-state index contributed by atoms with van der Waals surface area (Å²) in [5.41, 5.74) is 11.0. The van der Waals surface area contributed by atoms with Gasteiger partial charge in [0.05, 0.1) is 5.69 Å². The fraction of sp³-hybridized carbons (Fsp3) is 0.346. The minimum absolute atomic E-state index is 0.247. The molecule has 0 unspecified atom stereocenters. The summed E-state index contributed by atoms with van der Waals surface area (Å²) in [6, 6.07) is 6.37. The highest BCUT2D eigenvalue weighted by atomic mass is 19.1. The summed E-state index contributed by atoms with van der Waals surface area (Å²) in [5.74, 6) is 1.97. The Morgan fingerprint density at radius 1 is 1.29 bits per heavy atom. The molecule has 1 aromatic carbocycles. The first-order valence-corrected chi connectivity index (χ1v) is 11.5. The number of rotatable bonds is 4. The molecule has 3 aromatic rings. The van der Waals surface area contributed by atoms with Gasteiger partial charge < -0.3 is 25.6 Å². The number of nitrogens with one attached hydrogen (secondary N) is 2. The number of nitrogen functional groups attached to an aromatic ring is 1. The molecule has 176 valence electrons. The quantitative estimate of drug-likeness (QED) is 0.460. The maximum absolute atomic E-state index is 14.3. The minimum atomic E-state index is -0.529. The van der Waals surface area contributed by atoms with Gasteiger partial charge in [0.25, 0.3) is 0 Å². The smallest absolute Gasteiger partial charge is 0.192 e. The van der Waals surface area contributed by atoms with Gasteiger partial charge in [0.15, 0.2) is 23.2 Å². The Bertz CT molecular complexity index is 1310. The summed E-state index contributed by atoms with van der Waals surface area (Å²) in [4.78, 5) is 9.02. The first-order chi connectivity index (χ1) is 16.3. The number of aryl methyl sites for hydroxylation is 1. The molecule has 2 aliphatic rings. The zero-order chi connectivity index (χ0) is 24.0. The largest absolute Gasteiger partial charge is 0.482 e. The van der Waals surface area contributed by atoms with Gasteiger partial charge in [-0.3, -0.25) is 0 Å². The van der Waals surface area contributed by atoms with Gasteiger partial charge in [-0.05, 0) is 56.9 Å². The average Bonchev–Trinajstić information content (AvgIpc) is 3.55. The Kier molecular flexibility index (Phi) is 5.59. The van der Waals surface area contributed by atoms with Gasteiger partial charge in [-0.15, -0.1) is 0 Å². The normalized spacial score (nSPS) is 19.8. The van der Waals surface area contributed by atoms with E-state index in [2.05, 4.69) is 15.3 Å². The summed E-state index contributed by atoms with van der Waals surface area (Å²) in [7, 11) is 0. The van der Waals surface area contributed by atoms with Crippen LogP contribution in [0.4, 0.5) is 10.2 Å². The second-order valence-electron chi connectivity index (χ2n) is 9.09. The van der Waals surface area contributed by atoms with Gasteiger partial charge in [-0.25, -0.2) is 14.4 Å². The van der Waals surface area contributed by atoms with Crippen molar-refractivity contribution in [3.63, 3.8) is 0 Å². The van der Waals surface area contributed by atoms with Crippen LogP contribution in [0.15, 0.2) is 40.5 Å². The van der Waals surface area contributed by atoms with Crippen molar-refractivity contribution in [1.82, 2.24) is 15.3 Å².